The van der Waals surface area contributed by atoms with E-state index in [0.717, 1.165) is 45.8 Å². The lowest BCUT2D eigenvalue weighted by atomic mass is 9.57. The molecular formula is C38H52B2Br2O8. The first-order valence-corrected chi connectivity index (χ1v) is 19.5. The number of rotatable bonds is 6. The molecule has 0 bridgehead atoms. The Balaban J connectivity index is 0.000000194. The van der Waals surface area contributed by atoms with Gasteiger partial charge < -0.3 is 28.8 Å². The second-order valence-electron chi connectivity index (χ2n) is 16.3. The van der Waals surface area contributed by atoms with Crippen LogP contribution in [0.3, 0.4) is 0 Å². The zero-order valence-electron chi connectivity index (χ0n) is 30.6. The van der Waals surface area contributed by atoms with E-state index in [0.29, 0.717) is 12.8 Å². The Kier molecular flexibility index (Phi) is 12.1. The summed E-state index contributed by atoms with van der Waals surface area (Å²) < 4.78 is 26.7. The van der Waals surface area contributed by atoms with Crippen LogP contribution in [0.5, 0.6) is 0 Å². The third-order valence-corrected chi connectivity index (χ3v) is 13.0. The summed E-state index contributed by atoms with van der Waals surface area (Å²) >= 11 is 6.81. The summed E-state index contributed by atoms with van der Waals surface area (Å²) in [6.07, 6.45) is 2.60. The van der Waals surface area contributed by atoms with Crippen LogP contribution < -0.4 is 0 Å². The molecule has 2 saturated carbocycles. The number of halogens is 2. The van der Waals surface area contributed by atoms with E-state index >= 15 is 0 Å². The lowest BCUT2D eigenvalue weighted by molar-refractivity contribution is -0.129. The van der Waals surface area contributed by atoms with Crippen LogP contribution in [0.1, 0.15) is 117 Å². The molecule has 0 unspecified atom stereocenters. The Morgan fingerprint density at radius 1 is 0.580 bits per heavy atom. The molecule has 6 atom stereocenters. The highest BCUT2D eigenvalue weighted by atomic mass is 79.9. The molecule has 2 heterocycles. The van der Waals surface area contributed by atoms with Crippen molar-refractivity contribution in [3.05, 3.63) is 68.6 Å². The van der Waals surface area contributed by atoms with Crippen molar-refractivity contribution in [3.8, 4) is 0 Å². The standard InChI is InChI=1S/2C19H26BBrO4/c2*1-18(2)19(3,4)25-20(24-18)14-6-5-7-15(22)16(14)17(23)12-8-10-13(21)11-9-12/h2*8-11,14,16-17,23H,5-7H2,1-4H3/t2*14-,16-,17+/m10/s1. The molecule has 2 N–H and O–H groups in total. The van der Waals surface area contributed by atoms with Gasteiger partial charge in [-0.2, -0.15) is 0 Å². The predicted octanol–water partition coefficient (Wildman–Crippen LogP) is 8.63. The Morgan fingerprint density at radius 3 is 1.14 bits per heavy atom. The van der Waals surface area contributed by atoms with Crippen LogP contribution in [-0.2, 0) is 28.2 Å². The van der Waals surface area contributed by atoms with Crippen LogP contribution in [0, 0.1) is 11.8 Å². The molecule has 2 aromatic rings. The first kappa shape index (κ1) is 39.8. The van der Waals surface area contributed by atoms with E-state index in [2.05, 4.69) is 31.9 Å². The molecule has 0 radical (unpaired) electrons. The Hall–Kier alpha value is -1.37. The van der Waals surface area contributed by atoms with Gasteiger partial charge in [0.2, 0.25) is 0 Å². The normalized spacial score (nSPS) is 29.7. The number of aliphatic hydroxyl groups excluding tert-OH is 2. The van der Waals surface area contributed by atoms with Crippen molar-refractivity contribution < 1.29 is 38.4 Å². The molecule has 2 aromatic carbocycles. The van der Waals surface area contributed by atoms with E-state index in [9.17, 15) is 19.8 Å². The second-order valence-corrected chi connectivity index (χ2v) is 18.2. The van der Waals surface area contributed by atoms with Crippen molar-refractivity contribution in [1.82, 2.24) is 0 Å². The first-order chi connectivity index (χ1) is 23.2. The maximum atomic E-state index is 12.7. The highest BCUT2D eigenvalue weighted by Gasteiger charge is 2.58. The zero-order valence-corrected chi connectivity index (χ0v) is 33.8. The van der Waals surface area contributed by atoms with Gasteiger partial charge in [-0.1, -0.05) is 69.0 Å². The third kappa shape index (κ3) is 8.23. The van der Waals surface area contributed by atoms with Gasteiger partial charge in [-0.05, 0) is 104 Å². The lowest BCUT2D eigenvalue weighted by Crippen LogP contribution is -2.41. The van der Waals surface area contributed by atoms with Gasteiger partial charge in [0, 0.05) is 45.3 Å². The smallest absolute Gasteiger partial charge is 0.403 e. The Labute approximate surface area is 315 Å². The molecule has 6 rings (SSSR count). The van der Waals surface area contributed by atoms with Crippen LogP contribution >= 0.6 is 31.9 Å². The molecule has 4 aliphatic rings. The highest BCUT2D eigenvalue weighted by molar-refractivity contribution is 9.10. The van der Waals surface area contributed by atoms with E-state index in [1.54, 1.807) is 0 Å². The van der Waals surface area contributed by atoms with E-state index in [-0.39, 0.29) is 23.2 Å². The molecule has 0 aromatic heterocycles. The maximum Gasteiger partial charge on any atom is 0.462 e. The van der Waals surface area contributed by atoms with Crippen LogP contribution in [0.2, 0.25) is 11.6 Å². The molecule has 2 aliphatic carbocycles. The number of aliphatic hydroxyl groups is 2. The Morgan fingerprint density at radius 2 is 0.860 bits per heavy atom. The summed E-state index contributed by atoms with van der Waals surface area (Å²) in [5.74, 6) is -1.07. The second kappa shape index (κ2) is 15.2. The van der Waals surface area contributed by atoms with Gasteiger partial charge in [0.25, 0.3) is 0 Å². The minimum atomic E-state index is -0.843. The molecule has 0 amide bonds. The molecule has 50 heavy (non-hydrogen) atoms. The van der Waals surface area contributed by atoms with Crippen molar-refractivity contribution in [3.63, 3.8) is 0 Å². The number of hydrogen-bond donors (Lipinski definition) is 2. The van der Waals surface area contributed by atoms with E-state index in [4.69, 9.17) is 18.6 Å². The SMILES string of the molecule is CC1(C)OB([C@@H]2CCCC(=O)[C@@H]2[C@@H](O)c2ccc(Br)cc2)OC1(C)C.CC1(C)OB([C@H]2CCCC(=O)[C@H]2[C@H](O)c2ccc(Br)cc2)OC1(C)C. The number of carbonyl (C=O) groups is 2. The van der Waals surface area contributed by atoms with E-state index in [1.807, 2.05) is 104 Å². The molecule has 12 heteroatoms. The summed E-state index contributed by atoms with van der Waals surface area (Å²) in [6, 6.07) is 15.0. The van der Waals surface area contributed by atoms with Crippen LogP contribution in [0.4, 0.5) is 0 Å². The molecule has 0 spiro atoms. The predicted molar refractivity (Wildman–Crippen MR) is 203 cm³/mol. The van der Waals surface area contributed by atoms with Gasteiger partial charge in [0.15, 0.2) is 0 Å². The van der Waals surface area contributed by atoms with Gasteiger partial charge in [-0.25, -0.2) is 0 Å². The first-order valence-electron chi connectivity index (χ1n) is 17.9. The fourth-order valence-electron chi connectivity index (χ4n) is 7.49. The summed E-state index contributed by atoms with van der Waals surface area (Å²) in [4.78, 5) is 25.4. The quantitative estimate of drug-likeness (QED) is 0.279. The van der Waals surface area contributed by atoms with Crippen molar-refractivity contribution in [2.24, 2.45) is 11.8 Å². The lowest BCUT2D eigenvalue weighted by Gasteiger charge is -2.34. The number of carbonyl (C=O) groups excluding carboxylic acids is 2. The number of ketones is 2. The zero-order chi connectivity index (χ0) is 36.8. The van der Waals surface area contributed by atoms with Gasteiger partial charge in [0.05, 0.1) is 34.6 Å². The summed E-state index contributed by atoms with van der Waals surface area (Å²) in [7, 11) is -0.936. The van der Waals surface area contributed by atoms with E-state index < -0.39 is 60.7 Å². The molecule has 2 saturated heterocycles. The van der Waals surface area contributed by atoms with Gasteiger partial charge in [-0.15, -0.1) is 0 Å². The van der Waals surface area contributed by atoms with Gasteiger partial charge in [0.1, 0.15) is 11.6 Å². The molecule has 4 fully saturated rings. The highest BCUT2D eigenvalue weighted by Crippen LogP contribution is 2.50. The van der Waals surface area contributed by atoms with Crippen LogP contribution in [-0.4, -0.2) is 58.4 Å². The van der Waals surface area contributed by atoms with Gasteiger partial charge >= 0.3 is 14.2 Å². The minimum Gasteiger partial charge on any atom is -0.403 e. The monoisotopic (exact) mass is 816 g/mol. The van der Waals surface area contributed by atoms with Crippen molar-refractivity contribution >= 4 is 57.7 Å². The topological polar surface area (TPSA) is 112 Å². The molecule has 272 valence electrons. The van der Waals surface area contributed by atoms with Gasteiger partial charge in [-0.3, -0.25) is 9.59 Å². The van der Waals surface area contributed by atoms with E-state index in [1.165, 1.54) is 0 Å². The third-order valence-electron chi connectivity index (χ3n) is 11.9. The molecule has 8 nitrogen and oxygen atoms in total. The number of hydrogen-bond acceptors (Lipinski definition) is 8. The number of Topliss-reactive ketones (excluding diaryl/α,β-unsaturated/α-hetero) is 2. The molecular weight excluding hydrogens is 766 g/mol. The van der Waals surface area contributed by atoms with Crippen molar-refractivity contribution in [2.75, 3.05) is 0 Å². The van der Waals surface area contributed by atoms with Crippen LogP contribution in [0.25, 0.3) is 0 Å². The fourth-order valence-corrected chi connectivity index (χ4v) is 8.02. The van der Waals surface area contributed by atoms with Crippen molar-refractivity contribution in [1.29, 1.82) is 0 Å². The summed E-state index contributed by atoms with van der Waals surface area (Å²) in [6.45, 7) is 16.1. The minimum absolute atomic E-state index is 0.0985. The van der Waals surface area contributed by atoms with Crippen molar-refractivity contribution in [2.45, 2.75) is 140 Å². The fraction of sp³-hybridized carbons (Fsp3) is 0.632. The summed E-state index contributed by atoms with van der Waals surface area (Å²) in [5, 5.41) is 21.9. The number of benzene rings is 2. The summed E-state index contributed by atoms with van der Waals surface area (Å²) in [5.41, 5.74) is -0.248. The average Bonchev–Trinajstić information content (AvgIpc) is 3.40. The maximum absolute atomic E-state index is 12.7. The Bertz CT molecular complexity index is 1370. The average molecular weight is 818 g/mol. The largest absolute Gasteiger partial charge is 0.462 e. The van der Waals surface area contributed by atoms with Crippen LogP contribution in [0.15, 0.2) is 57.5 Å². The molecule has 2 aliphatic heterocycles.